The minimum Gasteiger partial charge on any atom is -0.488 e. The van der Waals surface area contributed by atoms with Gasteiger partial charge in [0, 0.05) is 30.9 Å². The summed E-state index contributed by atoms with van der Waals surface area (Å²) in [6.45, 7) is 4.32. The van der Waals surface area contributed by atoms with Gasteiger partial charge in [-0.15, -0.1) is 0 Å². The molecule has 6 nitrogen and oxygen atoms in total. The van der Waals surface area contributed by atoms with Gasteiger partial charge in [-0.1, -0.05) is 24.6 Å². The number of halogens is 2. The Hall–Kier alpha value is -3.32. The number of piperidine rings is 1. The number of nitrogens with zero attached hydrogens (tertiary/aromatic N) is 4. The molecule has 8 heteroatoms. The topological polar surface area (TPSA) is 67.7 Å². The first-order valence-electron chi connectivity index (χ1n) is 11.4. The molecule has 5 rings (SSSR count). The second kappa shape index (κ2) is 9.50. The van der Waals surface area contributed by atoms with Crippen LogP contribution < -0.4 is 9.64 Å². The van der Waals surface area contributed by atoms with E-state index < -0.39 is 5.82 Å². The van der Waals surface area contributed by atoms with Crippen molar-refractivity contribution in [2.45, 2.75) is 26.2 Å². The van der Waals surface area contributed by atoms with E-state index in [2.05, 4.69) is 16.8 Å². The van der Waals surface area contributed by atoms with Crippen molar-refractivity contribution in [2.75, 3.05) is 24.6 Å². The predicted octanol–water partition coefficient (Wildman–Crippen LogP) is 5.91. The van der Waals surface area contributed by atoms with Crippen LogP contribution >= 0.6 is 11.6 Å². The number of ketones is 1. The standard InChI is InChI=1S/C26H24ClFN4O2/c1-16-8-11-32(12-9-16)24-4-2-3-22(31-24)26-25-19(7-10-29-26)23(33)13-17(30-25)15-34-18-5-6-21(28)20(27)14-18/h2-7,10,14,16H,8-9,11-13,15H2,1H3. The Morgan fingerprint density at radius 2 is 2.00 bits per heavy atom. The summed E-state index contributed by atoms with van der Waals surface area (Å²) < 4.78 is 19.1. The Morgan fingerprint density at radius 3 is 2.79 bits per heavy atom. The molecule has 174 valence electrons. The van der Waals surface area contributed by atoms with E-state index in [0.717, 1.165) is 37.7 Å². The summed E-state index contributed by atoms with van der Waals surface area (Å²) in [5.74, 6) is 1.48. The number of benzene rings is 1. The highest BCUT2D eigenvalue weighted by molar-refractivity contribution is 6.30. The van der Waals surface area contributed by atoms with Crippen molar-refractivity contribution in [3.8, 4) is 17.1 Å². The molecule has 0 saturated carbocycles. The molecule has 0 aliphatic carbocycles. The first-order chi connectivity index (χ1) is 16.5. The maximum absolute atomic E-state index is 13.4. The summed E-state index contributed by atoms with van der Waals surface area (Å²) in [7, 11) is 0. The lowest BCUT2D eigenvalue weighted by Gasteiger charge is -2.31. The molecule has 4 heterocycles. The SMILES string of the molecule is CC1CCN(c2cccc(-c3nccc4c3N=C(COc3ccc(F)c(Cl)c3)CC4=O)n2)CC1. The Kier molecular flexibility index (Phi) is 6.28. The number of aromatic nitrogens is 2. The number of hydrogen-bond donors (Lipinski definition) is 0. The van der Waals surface area contributed by atoms with Gasteiger partial charge in [0.15, 0.2) is 5.78 Å². The molecule has 34 heavy (non-hydrogen) atoms. The maximum atomic E-state index is 13.4. The van der Waals surface area contributed by atoms with Crippen molar-refractivity contribution in [2.24, 2.45) is 10.9 Å². The normalized spacial score (nSPS) is 16.3. The fourth-order valence-electron chi connectivity index (χ4n) is 4.24. The van der Waals surface area contributed by atoms with Gasteiger partial charge in [0.2, 0.25) is 0 Å². The number of carbonyl (C=O) groups is 1. The van der Waals surface area contributed by atoms with Crippen LogP contribution in [-0.2, 0) is 0 Å². The molecular formula is C26H24ClFN4O2. The van der Waals surface area contributed by atoms with Crippen LogP contribution in [0.4, 0.5) is 15.9 Å². The number of aliphatic imine (C=N–C) groups is 1. The summed E-state index contributed by atoms with van der Waals surface area (Å²) in [4.78, 5) is 29.3. The smallest absolute Gasteiger partial charge is 0.170 e. The molecule has 0 unspecified atom stereocenters. The zero-order valence-electron chi connectivity index (χ0n) is 18.8. The molecule has 1 saturated heterocycles. The molecule has 2 aromatic heterocycles. The average Bonchev–Trinajstić information content (AvgIpc) is 2.85. The second-order valence-corrected chi connectivity index (χ2v) is 9.16. The number of anilines is 1. The third-order valence-corrected chi connectivity index (χ3v) is 6.53. The van der Waals surface area contributed by atoms with Crippen LogP contribution in [0.5, 0.6) is 5.75 Å². The Labute approximate surface area is 202 Å². The summed E-state index contributed by atoms with van der Waals surface area (Å²) in [6.07, 6.45) is 4.06. The summed E-state index contributed by atoms with van der Waals surface area (Å²) in [5, 5.41) is -0.0230. The lowest BCUT2D eigenvalue weighted by Crippen LogP contribution is -2.33. The minimum atomic E-state index is -0.516. The van der Waals surface area contributed by atoms with Crippen LogP contribution in [0.15, 0.2) is 53.7 Å². The molecule has 2 aliphatic heterocycles. The number of rotatable bonds is 5. The van der Waals surface area contributed by atoms with Gasteiger partial charge in [-0.3, -0.25) is 14.8 Å². The fraction of sp³-hybridized carbons (Fsp3) is 0.308. The van der Waals surface area contributed by atoms with Gasteiger partial charge in [0.1, 0.15) is 35.4 Å². The monoisotopic (exact) mass is 478 g/mol. The Balaban J connectivity index is 1.43. The van der Waals surface area contributed by atoms with E-state index in [4.69, 9.17) is 26.3 Å². The van der Waals surface area contributed by atoms with Crippen LogP contribution in [0.25, 0.3) is 11.4 Å². The molecule has 3 aromatic rings. The highest BCUT2D eigenvalue weighted by atomic mass is 35.5. The van der Waals surface area contributed by atoms with E-state index in [-0.39, 0.29) is 23.8 Å². The number of ether oxygens (including phenoxy) is 1. The molecule has 0 spiro atoms. The van der Waals surface area contributed by atoms with Crippen LogP contribution in [0.1, 0.15) is 36.5 Å². The Morgan fingerprint density at radius 1 is 1.18 bits per heavy atom. The molecule has 0 radical (unpaired) electrons. The lowest BCUT2D eigenvalue weighted by molar-refractivity contribution is 0.0998. The maximum Gasteiger partial charge on any atom is 0.170 e. The highest BCUT2D eigenvalue weighted by Gasteiger charge is 2.25. The van der Waals surface area contributed by atoms with Crippen LogP contribution in [0, 0.1) is 11.7 Å². The lowest BCUT2D eigenvalue weighted by atomic mass is 9.98. The fourth-order valence-corrected chi connectivity index (χ4v) is 4.41. The number of pyridine rings is 2. The molecule has 0 N–H and O–H groups in total. The summed E-state index contributed by atoms with van der Waals surface area (Å²) >= 11 is 5.83. The molecule has 0 bridgehead atoms. The van der Waals surface area contributed by atoms with E-state index >= 15 is 0 Å². The number of fused-ring (bicyclic) bond motifs is 1. The zero-order valence-corrected chi connectivity index (χ0v) is 19.6. The zero-order chi connectivity index (χ0) is 23.7. The van der Waals surface area contributed by atoms with E-state index in [1.807, 2.05) is 18.2 Å². The molecule has 1 fully saturated rings. The van der Waals surface area contributed by atoms with Crippen LogP contribution in [0.2, 0.25) is 5.02 Å². The predicted molar refractivity (Wildman–Crippen MR) is 131 cm³/mol. The number of carbonyl (C=O) groups excluding carboxylic acids is 1. The number of hydrogen-bond acceptors (Lipinski definition) is 6. The quantitative estimate of drug-likeness (QED) is 0.456. The number of Topliss-reactive ketones (excluding diaryl/α,β-unsaturated/α-hetero) is 1. The first-order valence-corrected chi connectivity index (χ1v) is 11.7. The second-order valence-electron chi connectivity index (χ2n) is 8.75. The summed E-state index contributed by atoms with van der Waals surface area (Å²) in [5.41, 5.74) is 2.84. The molecule has 2 aliphatic rings. The van der Waals surface area contributed by atoms with Gasteiger partial charge in [-0.25, -0.2) is 9.37 Å². The Bertz CT molecular complexity index is 1270. The summed E-state index contributed by atoms with van der Waals surface area (Å²) in [6, 6.07) is 11.7. The van der Waals surface area contributed by atoms with Crippen molar-refractivity contribution in [3.05, 3.63) is 65.1 Å². The first kappa shape index (κ1) is 22.5. The van der Waals surface area contributed by atoms with Gasteiger partial charge in [0.05, 0.1) is 22.8 Å². The minimum absolute atomic E-state index is 0.0230. The largest absolute Gasteiger partial charge is 0.488 e. The van der Waals surface area contributed by atoms with E-state index in [1.54, 1.807) is 12.3 Å². The molecular weight excluding hydrogens is 455 g/mol. The van der Waals surface area contributed by atoms with E-state index in [0.29, 0.717) is 34.1 Å². The van der Waals surface area contributed by atoms with Crippen molar-refractivity contribution in [3.63, 3.8) is 0 Å². The van der Waals surface area contributed by atoms with Gasteiger partial charge in [-0.05, 0) is 49.1 Å². The average molecular weight is 479 g/mol. The third-order valence-electron chi connectivity index (χ3n) is 6.24. The van der Waals surface area contributed by atoms with E-state index in [1.165, 1.54) is 18.2 Å². The van der Waals surface area contributed by atoms with Gasteiger partial charge >= 0.3 is 0 Å². The van der Waals surface area contributed by atoms with E-state index in [9.17, 15) is 9.18 Å². The van der Waals surface area contributed by atoms with Gasteiger partial charge in [0.25, 0.3) is 0 Å². The van der Waals surface area contributed by atoms with Crippen molar-refractivity contribution >= 4 is 34.6 Å². The third kappa shape index (κ3) is 4.66. The van der Waals surface area contributed by atoms with Crippen molar-refractivity contribution < 1.29 is 13.9 Å². The van der Waals surface area contributed by atoms with Crippen LogP contribution in [0.3, 0.4) is 0 Å². The highest BCUT2D eigenvalue weighted by Crippen LogP contribution is 2.35. The molecule has 0 atom stereocenters. The van der Waals surface area contributed by atoms with Crippen molar-refractivity contribution in [1.82, 2.24) is 9.97 Å². The van der Waals surface area contributed by atoms with Gasteiger partial charge < -0.3 is 9.64 Å². The van der Waals surface area contributed by atoms with Crippen molar-refractivity contribution in [1.29, 1.82) is 0 Å². The molecule has 0 amide bonds. The van der Waals surface area contributed by atoms with Gasteiger partial charge in [-0.2, -0.15) is 0 Å². The van der Waals surface area contributed by atoms with Crippen LogP contribution in [-0.4, -0.2) is 41.2 Å². The molecule has 1 aromatic carbocycles.